The molecule has 2 aliphatic heterocycles. The Morgan fingerprint density at radius 1 is 0.907 bits per heavy atom. The highest BCUT2D eigenvalue weighted by Crippen LogP contribution is 2.64. The zero-order valence-corrected chi connectivity index (χ0v) is 23.8. The fraction of sp³-hybridized carbons (Fsp3) is 0.273. The van der Waals surface area contributed by atoms with Crippen LogP contribution in [0.1, 0.15) is 29.9 Å². The van der Waals surface area contributed by atoms with E-state index in [4.69, 9.17) is 16.3 Å². The van der Waals surface area contributed by atoms with Crippen LogP contribution in [0.25, 0.3) is 0 Å². The molecule has 0 bridgehead atoms. The van der Waals surface area contributed by atoms with Crippen molar-refractivity contribution in [1.29, 1.82) is 0 Å². The number of imide groups is 2. The molecule has 2 saturated heterocycles. The summed E-state index contributed by atoms with van der Waals surface area (Å²) in [6, 6.07) is 20.5. The van der Waals surface area contributed by atoms with E-state index in [0.717, 1.165) is 5.57 Å². The van der Waals surface area contributed by atoms with Gasteiger partial charge in [-0.2, -0.15) is 5.06 Å². The number of methoxy groups -OCH3 is 1. The molecule has 2 N–H and O–H groups in total. The summed E-state index contributed by atoms with van der Waals surface area (Å²) in [5, 5.41) is 21.8. The van der Waals surface area contributed by atoms with Crippen LogP contribution >= 0.6 is 11.6 Å². The van der Waals surface area contributed by atoms with Crippen molar-refractivity contribution < 1.29 is 34.2 Å². The molecule has 218 valence electrons. The number of ether oxygens (including phenoxy) is 1. The summed E-state index contributed by atoms with van der Waals surface area (Å²) in [5.74, 6) is -6.18. The molecule has 2 aliphatic carbocycles. The van der Waals surface area contributed by atoms with Gasteiger partial charge < -0.3 is 9.84 Å². The van der Waals surface area contributed by atoms with Crippen molar-refractivity contribution in [2.45, 2.75) is 24.2 Å². The van der Waals surface area contributed by atoms with Gasteiger partial charge in [-0.25, -0.2) is 4.90 Å². The van der Waals surface area contributed by atoms with Gasteiger partial charge in [-0.15, -0.1) is 0 Å². The molecule has 43 heavy (non-hydrogen) atoms. The fourth-order valence-corrected chi connectivity index (χ4v) is 8.17. The molecule has 0 radical (unpaired) electrons. The lowest BCUT2D eigenvalue weighted by Gasteiger charge is -2.50. The second-order valence-corrected chi connectivity index (χ2v) is 11.9. The molecule has 1 saturated carbocycles. The van der Waals surface area contributed by atoms with Crippen LogP contribution in [-0.2, 0) is 24.6 Å². The van der Waals surface area contributed by atoms with Crippen LogP contribution in [-0.4, -0.2) is 46.1 Å². The highest BCUT2D eigenvalue weighted by Gasteiger charge is 2.70. The standard InChI is InChI=1S/C33H27ClN2O7/c1-43-26-13-10-17(14-25(26)37)28-21-11-12-22-27(31(40)36(42)29(22)38)23(21)16-24-30(39)35(20-9-5-8-19(34)15-20)32(41)33(24,28)18-6-3-2-4-7-18/h2-11,13-15,22-24,27-28,37,42H,12,16H2,1H3. The Kier molecular flexibility index (Phi) is 6.23. The van der Waals surface area contributed by atoms with Crippen LogP contribution in [0.2, 0.25) is 5.02 Å². The number of anilines is 1. The highest BCUT2D eigenvalue weighted by atomic mass is 35.5. The molecule has 4 amide bonds. The molecule has 0 spiro atoms. The molecular formula is C33H27ClN2O7. The summed E-state index contributed by atoms with van der Waals surface area (Å²) < 4.78 is 5.29. The lowest BCUT2D eigenvalue weighted by molar-refractivity contribution is -0.173. The first-order valence-corrected chi connectivity index (χ1v) is 14.4. The van der Waals surface area contributed by atoms with Crippen LogP contribution < -0.4 is 9.64 Å². The van der Waals surface area contributed by atoms with E-state index in [-0.39, 0.29) is 29.4 Å². The lowest BCUT2D eigenvalue weighted by atomic mass is 9.49. The molecular weight excluding hydrogens is 572 g/mol. The number of phenols is 1. The van der Waals surface area contributed by atoms with E-state index in [9.17, 15) is 24.7 Å². The second-order valence-electron chi connectivity index (χ2n) is 11.5. The largest absolute Gasteiger partial charge is 0.504 e. The third kappa shape index (κ3) is 3.68. The number of rotatable bonds is 4. The highest BCUT2D eigenvalue weighted by molar-refractivity contribution is 6.32. The Morgan fingerprint density at radius 2 is 1.67 bits per heavy atom. The molecule has 7 rings (SSSR count). The summed E-state index contributed by atoms with van der Waals surface area (Å²) >= 11 is 6.30. The van der Waals surface area contributed by atoms with E-state index in [1.54, 1.807) is 36.4 Å². The van der Waals surface area contributed by atoms with Gasteiger partial charge in [-0.05, 0) is 60.2 Å². The summed E-state index contributed by atoms with van der Waals surface area (Å²) in [5.41, 5.74) is 0.751. The second kappa shape index (κ2) is 9.79. The van der Waals surface area contributed by atoms with Gasteiger partial charge in [0.1, 0.15) is 0 Å². The number of halogens is 1. The van der Waals surface area contributed by atoms with Crippen LogP contribution in [0.4, 0.5) is 5.69 Å². The maximum Gasteiger partial charge on any atom is 0.257 e. The molecule has 2 heterocycles. The summed E-state index contributed by atoms with van der Waals surface area (Å²) in [6.07, 6.45) is 2.17. The zero-order chi connectivity index (χ0) is 30.2. The molecule has 3 aromatic rings. The first-order chi connectivity index (χ1) is 20.7. The van der Waals surface area contributed by atoms with Crippen molar-refractivity contribution >= 4 is 40.9 Å². The quantitative estimate of drug-likeness (QED) is 0.255. The number of amides is 4. The first-order valence-electron chi connectivity index (χ1n) is 14.0. The number of aromatic hydroxyl groups is 1. The minimum Gasteiger partial charge on any atom is -0.504 e. The van der Waals surface area contributed by atoms with Gasteiger partial charge in [0.05, 0.1) is 36.0 Å². The van der Waals surface area contributed by atoms with Gasteiger partial charge in [0.25, 0.3) is 11.8 Å². The van der Waals surface area contributed by atoms with Gasteiger partial charge in [0.15, 0.2) is 11.5 Å². The fourth-order valence-electron chi connectivity index (χ4n) is 7.99. The van der Waals surface area contributed by atoms with E-state index >= 15 is 4.79 Å². The predicted molar refractivity (Wildman–Crippen MR) is 154 cm³/mol. The normalized spacial score (nSPS) is 29.7. The van der Waals surface area contributed by atoms with E-state index in [1.807, 2.05) is 36.4 Å². The zero-order valence-electron chi connectivity index (χ0n) is 23.0. The summed E-state index contributed by atoms with van der Waals surface area (Å²) in [4.78, 5) is 56.8. The molecule has 10 heteroatoms. The van der Waals surface area contributed by atoms with E-state index in [0.29, 0.717) is 21.8 Å². The maximum atomic E-state index is 15.0. The van der Waals surface area contributed by atoms with E-state index in [1.165, 1.54) is 18.1 Å². The monoisotopic (exact) mass is 598 g/mol. The Morgan fingerprint density at radius 3 is 2.37 bits per heavy atom. The number of nitrogens with zero attached hydrogens (tertiary/aromatic N) is 2. The van der Waals surface area contributed by atoms with E-state index < -0.39 is 58.6 Å². The van der Waals surface area contributed by atoms with Crippen LogP contribution in [0, 0.1) is 23.7 Å². The Bertz CT molecular complexity index is 1740. The number of allylic oxidation sites excluding steroid dienone is 2. The molecule has 6 unspecified atom stereocenters. The van der Waals surface area contributed by atoms with Crippen molar-refractivity contribution in [3.63, 3.8) is 0 Å². The van der Waals surface area contributed by atoms with Gasteiger partial charge in [0, 0.05) is 10.9 Å². The smallest absolute Gasteiger partial charge is 0.257 e. The number of carbonyl (C=O) groups is 4. The minimum atomic E-state index is -1.46. The van der Waals surface area contributed by atoms with Crippen molar-refractivity contribution in [3.8, 4) is 11.5 Å². The molecule has 3 aromatic carbocycles. The van der Waals surface area contributed by atoms with Crippen molar-refractivity contribution in [1.82, 2.24) is 5.06 Å². The Balaban J connectivity index is 1.52. The average Bonchev–Trinajstić information content (AvgIpc) is 3.37. The molecule has 4 aliphatic rings. The number of hydrogen-bond acceptors (Lipinski definition) is 7. The van der Waals surface area contributed by atoms with Crippen molar-refractivity contribution in [3.05, 3.63) is 101 Å². The molecule has 9 nitrogen and oxygen atoms in total. The number of phenolic OH excluding ortho intramolecular Hbond substituents is 1. The lowest BCUT2D eigenvalue weighted by Crippen LogP contribution is -2.53. The number of hydroxylamine groups is 2. The van der Waals surface area contributed by atoms with Crippen LogP contribution in [0.5, 0.6) is 11.5 Å². The predicted octanol–water partition coefficient (Wildman–Crippen LogP) is 4.61. The Hall–Kier alpha value is -4.47. The molecule has 0 aromatic heterocycles. The van der Waals surface area contributed by atoms with Gasteiger partial charge >= 0.3 is 0 Å². The Labute approximate surface area is 251 Å². The number of fused-ring (bicyclic) bond motifs is 4. The van der Waals surface area contributed by atoms with Crippen LogP contribution in [0.3, 0.4) is 0 Å². The topological polar surface area (TPSA) is 124 Å². The van der Waals surface area contributed by atoms with E-state index in [2.05, 4.69) is 0 Å². The van der Waals surface area contributed by atoms with Gasteiger partial charge in [-0.3, -0.25) is 24.4 Å². The summed E-state index contributed by atoms with van der Waals surface area (Å²) in [7, 11) is 1.43. The number of hydrogen-bond donors (Lipinski definition) is 2. The number of carbonyl (C=O) groups excluding carboxylic acids is 4. The summed E-state index contributed by atoms with van der Waals surface area (Å²) in [6.45, 7) is 0. The van der Waals surface area contributed by atoms with Gasteiger partial charge in [0.2, 0.25) is 11.8 Å². The third-order valence-corrected chi connectivity index (χ3v) is 9.92. The van der Waals surface area contributed by atoms with Crippen molar-refractivity contribution in [2.24, 2.45) is 23.7 Å². The molecule has 3 fully saturated rings. The van der Waals surface area contributed by atoms with Crippen LogP contribution in [0.15, 0.2) is 84.4 Å². The minimum absolute atomic E-state index is 0.106. The first kappa shape index (κ1) is 27.4. The third-order valence-electron chi connectivity index (χ3n) is 9.68. The van der Waals surface area contributed by atoms with Gasteiger partial charge in [-0.1, -0.05) is 65.7 Å². The molecule has 6 atom stereocenters. The maximum absolute atomic E-state index is 15.0. The number of benzene rings is 3. The van der Waals surface area contributed by atoms with Crippen molar-refractivity contribution in [2.75, 3.05) is 12.0 Å². The SMILES string of the molecule is COc1ccc(C2C3=CCC4C(=O)N(O)C(=O)C4C3CC3C(=O)N(c4cccc(Cl)c4)C(=O)C32c2ccccc2)cc1O. The average molecular weight is 599 g/mol.